The van der Waals surface area contributed by atoms with Crippen LogP contribution in [0.1, 0.15) is 29.8 Å². The summed E-state index contributed by atoms with van der Waals surface area (Å²) in [5.41, 5.74) is 1.10. The number of amides is 2. The summed E-state index contributed by atoms with van der Waals surface area (Å²) in [6, 6.07) is 10.5. The maximum absolute atomic E-state index is 12.7. The maximum Gasteiger partial charge on any atom is 0.387 e. The second kappa shape index (κ2) is 11.9. The third kappa shape index (κ3) is 7.11. The molecule has 0 bridgehead atoms. The minimum atomic E-state index is -2.97. The highest BCUT2D eigenvalue weighted by Crippen LogP contribution is 2.29. The van der Waals surface area contributed by atoms with E-state index in [9.17, 15) is 18.4 Å². The van der Waals surface area contributed by atoms with Crippen LogP contribution in [-0.4, -0.2) is 45.2 Å². The largest absolute Gasteiger partial charge is 0.497 e. The highest BCUT2D eigenvalue weighted by atomic mass is 19.3. The lowest BCUT2D eigenvalue weighted by Gasteiger charge is -2.22. The van der Waals surface area contributed by atoms with E-state index in [0.29, 0.717) is 23.3 Å². The quantitative estimate of drug-likeness (QED) is 0.548. The fourth-order valence-corrected chi connectivity index (χ4v) is 3.01. The van der Waals surface area contributed by atoms with Gasteiger partial charge in [0.2, 0.25) is 5.91 Å². The molecule has 0 aliphatic carbocycles. The van der Waals surface area contributed by atoms with E-state index in [0.717, 1.165) is 0 Å². The molecule has 0 heterocycles. The van der Waals surface area contributed by atoms with E-state index in [1.54, 1.807) is 30.3 Å². The monoisotopic (exact) mass is 450 g/mol. The number of halogens is 2. The van der Waals surface area contributed by atoms with Crippen molar-refractivity contribution >= 4 is 11.8 Å². The first kappa shape index (κ1) is 24.9. The Morgan fingerprint density at radius 1 is 0.969 bits per heavy atom. The molecule has 2 amide bonds. The van der Waals surface area contributed by atoms with Crippen LogP contribution in [0.4, 0.5) is 8.78 Å². The molecule has 0 aromatic heterocycles. The van der Waals surface area contributed by atoms with E-state index in [1.807, 2.05) is 13.8 Å². The summed E-state index contributed by atoms with van der Waals surface area (Å²) in [5.74, 6) is -0.105. The van der Waals surface area contributed by atoms with Gasteiger partial charge in [0.1, 0.15) is 11.8 Å². The second-order valence-electron chi connectivity index (χ2n) is 7.33. The Balaban J connectivity index is 1.96. The molecule has 0 saturated carbocycles. The van der Waals surface area contributed by atoms with Crippen LogP contribution >= 0.6 is 0 Å². The van der Waals surface area contributed by atoms with Crippen LogP contribution in [0.25, 0.3) is 0 Å². The summed E-state index contributed by atoms with van der Waals surface area (Å²) in [6.07, 6.45) is 0.382. The Morgan fingerprint density at radius 2 is 1.66 bits per heavy atom. The van der Waals surface area contributed by atoms with E-state index in [1.165, 1.54) is 26.4 Å². The van der Waals surface area contributed by atoms with Crippen LogP contribution in [-0.2, 0) is 11.2 Å². The third-order valence-corrected chi connectivity index (χ3v) is 4.74. The Hall–Kier alpha value is -3.36. The molecule has 174 valence electrons. The van der Waals surface area contributed by atoms with E-state index in [4.69, 9.17) is 9.47 Å². The molecule has 2 rings (SSSR count). The van der Waals surface area contributed by atoms with Crippen molar-refractivity contribution in [2.45, 2.75) is 32.9 Å². The van der Waals surface area contributed by atoms with Crippen LogP contribution < -0.4 is 24.8 Å². The smallest absolute Gasteiger partial charge is 0.387 e. The van der Waals surface area contributed by atoms with Crippen molar-refractivity contribution in [3.05, 3.63) is 53.6 Å². The van der Waals surface area contributed by atoms with Crippen LogP contribution in [0.5, 0.6) is 17.2 Å². The van der Waals surface area contributed by atoms with Crippen molar-refractivity contribution in [1.29, 1.82) is 0 Å². The van der Waals surface area contributed by atoms with Gasteiger partial charge in [-0.1, -0.05) is 19.9 Å². The summed E-state index contributed by atoms with van der Waals surface area (Å²) < 4.78 is 39.7. The molecule has 32 heavy (non-hydrogen) atoms. The Bertz CT molecular complexity index is 904. The fourth-order valence-electron chi connectivity index (χ4n) is 3.01. The molecule has 0 spiro atoms. The molecule has 1 unspecified atom stereocenters. The number of alkyl halides is 2. The van der Waals surface area contributed by atoms with E-state index < -0.39 is 12.7 Å². The van der Waals surface area contributed by atoms with Gasteiger partial charge in [-0.2, -0.15) is 8.78 Å². The van der Waals surface area contributed by atoms with Crippen molar-refractivity contribution in [1.82, 2.24) is 10.6 Å². The van der Waals surface area contributed by atoms with Crippen LogP contribution in [0.15, 0.2) is 42.5 Å². The molecule has 0 aliphatic heterocycles. The highest BCUT2D eigenvalue weighted by molar-refractivity contribution is 5.97. The van der Waals surface area contributed by atoms with Crippen molar-refractivity contribution < 1.29 is 32.6 Å². The first-order valence-electron chi connectivity index (χ1n) is 10.1. The molecule has 7 nitrogen and oxygen atoms in total. The average molecular weight is 450 g/mol. The molecule has 2 aromatic rings. The van der Waals surface area contributed by atoms with Crippen LogP contribution in [0, 0.1) is 5.92 Å². The lowest BCUT2D eigenvalue weighted by molar-refractivity contribution is -0.123. The lowest BCUT2D eigenvalue weighted by Crippen LogP contribution is -2.50. The van der Waals surface area contributed by atoms with E-state index in [2.05, 4.69) is 15.4 Å². The average Bonchev–Trinajstić information content (AvgIpc) is 2.76. The van der Waals surface area contributed by atoms with Crippen molar-refractivity contribution in [3.8, 4) is 17.2 Å². The molecule has 0 saturated heterocycles. The predicted octanol–water partition coefficient (Wildman–Crippen LogP) is 3.42. The van der Waals surface area contributed by atoms with Gasteiger partial charge in [-0.3, -0.25) is 9.59 Å². The van der Waals surface area contributed by atoms with Gasteiger partial charge in [0.25, 0.3) is 5.91 Å². The molecule has 0 radical (unpaired) electrons. The number of carbonyl (C=O) groups excluding carboxylic acids is 2. The fraction of sp³-hybridized carbons (Fsp3) is 0.391. The van der Waals surface area contributed by atoms with Crippen molar-refractivity contribution in [2.24, 2.45) is 5.92 Å². The first-order valence-corrected chi connectivity index (χ1v) is 10.1. The first-order chi connectivity index (χ1) is 15.2. The zero-order chi connectivity index (χ0) is 23.7. The zero-order valence-electron chi connectivity index (χ0n) is 18.5. The number of benzene rings is 2. The third-order valence-electron chi connectivity index (χ3n) is 4.74. The molecular weight excluding hydrogens is 422 g/mol. The number of rotatable bonds is 11. The number of nitrogens with one attached hydrogen (secondary N) is 2. The SMILES string of the molecule is COc1ccc(C(=O)NC(C(=O)NCCc2ccc(OC)c(OC(F)F)c2)C(C)C)cc1. The molecule has 2 aromatic carbocycles. The number of ether oxygens (including phenoxy) is 3. The Morgan fingerprint density at radius 3 is 2.22 bits per heavy atom. The predicted molar refractivity (Wildman–Crippen MR) is 115 cm³/mol. The highest BCUT2D eigenvalue weighted by Gasteiger charge is 2.24. The van der Waals surface area contributed by atoms with Gasteiger partial charge in [-0.25, -0.2) is 0 Å². The van der Waals surface area contributed by atoms with Gasteiger partial charge in [0.05, 0.1) is 14.2 Å². The summed E-state index contributed by atoms with van der Waals surface area (Å²) >= 11 is 0. The normalized spacial score (nSPS) is 11.8. The van der Waals surface area contributed by atoms with E-state index >= 15 is 0 Å². The number of hydrogen-bond acceptors (Lipinski definition) is 5. The Labute approximate surface area is 186 Å². The number of methoxy groups -OCH3 is 2. The molecule has 1 atom stereocenters. The van der Waals surface area contributed by atoms with Gasteiger partial charge >= 0.3 is 6.61 Å². The maximum atomic E-state index is 12.7. The van der Waals surface area contributed by atoms with Gasteiger partial charge in [-0.15, -0.1) is 0 Å². The minimum Gasteiger partial charge on any atom is -0.497 e. The minimum absolute atomic E-state index is 0.0712. The van der Waals surface area contributed by atoms with Gasteiger partial charge in [0.15, 0.2) is 11.5 Å². The number of hydrogen-bond donors (Lipinski definition) is 2. The standard InChI is InChI=1S/C23H28F2N2O5/c1-14(2)20(27-21(28)16-6-8-17(30-3)9-7-16)22(29)26-12-11-15-5-10-18(31-4)19(13-15)32-23(24)25/h5-10,13-14,20,23H,11-12H2,1-4H3,(H,26,29)(H,27,28). The van der Waals surface area contributed by atoms with Crippen molar-refractivity contribution in [3.63, 3.8) is 0 Å². The molecule has 0 aliphatic rings. The number of carbonyl (C=O) groups is 2. The Kier molecular flexibility index (Phi) is 9.24. The topological polar surface area (TPSA) is 85.9 Å². The molecule has 9 heteroatoms. The van der Waals surface area contributed by atoms with E-state index in [-0.39, 0.29) is 35.8 Å². The molecule has 0 fully saturated rings. The van der Waals surface area contributed by atoms with Gasteiger partial charge < -0.3 is 24.8 Å². The second-order valence-corrected chi connectivity index (χ2v) is 7.33. The lowest BCUT2D eigenvalue weighted by atomic mass is 10.0. The van der Waals surface area contributed by atoms with Crippen LogP contribution in [0.3, 0.4) is 0 Å². The van der Waals surface area contributed by atoms with Gasteiger partial charge in [0, 0.05) is 12.1 Å². The summed E-state index contributed by atoms with van der Waals surface area (Å²) in [6.45, 7) is 0.937. The summed E-state index contributed by atoms with van der Waals surface area (Å²) in [4.78, 5) is 25.2. The molecular formula is C23H28F2N2O5. The zero-order valence-corrected chi connectivity index (χ0v) is 18.5. The van der Waals surface area contributed by atoms with Crippen LogP contribution in [0.2, 0.25) is 0 Å². The summed E-state index contributed by atoms with van der Waals surface area (Å²) in [5, 5.41) is 5.54. The summed E-state index contributed by atoms with van der Waals surface area (Å²) in [7, 11) is 2.90. The molecule has 2 N–H and O–H groups in total. The van der Waals surface area contributed by atoms with Crippen molar-refractivity contribution in [2.75, 3.05) is 20.8 Å². The van der Waals surface area contributed by atoms with Gasteiger partial charge in [-0.05, 0) is 54.3 Å².